The molecule has 0 N–H and O–H groups in total. The Hall–Kier alpha value is -7.85. The fourth-order valence-electron chi connectivity index (χ4n) is 8.86. The third-order valence-corrected chi connectivity index (χ3v) is 11.7. The molecule has 0 aliphatic rings. The van der Waals surface area contributed by atoms with Crippen molar-refractivity contribution in [1.29, 1.82) is 5.26 Å². The van der Waals surface area contributed by atoms with Crippen LogP contribution in [-0.4, -0.2) is 14.1 Å². The smallest absolute Gasteiger partial charge is 0.309 e. The molecule has 320 valence electrons. The summed E-state index contributed by atoms with van der Waals surface area (Å²) in [7, 11) is 0. The molecule has 0 unspecified atom stereocenters. The van der Waals surface area contributed by atoms with Crippen LogP contribution in [0.3, 0.4) is 0 Å². The van der Waals surface area contributed by atoms with E-state index in [1.165, 1.54) is 6.07 Å². The molecule has 7 aromatic carbocycles. The lowest BCUT2D eigenvalue weighted by Crippen LogP contribution is -2.11. The van der Waals surface area contributed by atoms with Crippen LogP contribution in [0.15, 0.2) is 158 Å². The minimum atomic E-state index is -5.02. The number of hydrogen-bond acceptors (Lipinski definition) is 2. The third kappa shape index (κ3) is 7.11. The lowest BCUT2D eigenvalue weighted by atomic mass is 9.97. The quantitative estimate of drug-likeness (QED) is 0.162. The molecule has 0 amide bonds. The fraction of sp³-hybridized carbons (Fsp3) is 0.0769. The number of pyridine rings is 1. The maximum absolute atomic E-state index is 13.9. The predicted octanol–water partition coefficient (Wildman–Crippen LogP) is 15.5. The lowest BCUT2D eigenvalue weighted by molar-refractivity contribution is -0.143. The van der Waals surface area contributed by atoms with Gasteiger partial charge in [-0.3, -0.25) is 4.98 Å². The summed E-state index contributed by atoms with van der Waals surface area (Å²) in [5.41, 5.74) is 3.38. The SMILES string of the molecule is Cc1cc(-c2ccc3c(c2)c2ccccc2n3-c2cc(C#N)ccc2-c2cnccc2-n2c3ccccc3c3cc(-c4cc(C(F)(F)F)cc(C(F)(F)F)c4)ccc32)cc(C(F)(F)F)c1. The van der Waals surface area contributed by atoms with Crippen molar-refractivity contribution >= 4 is 43.6 Å². The van der Waals surface area contributed by atoms with Gasteiger partial charge in [0, 0.05) is 45.1 Å². The van der Waals surface area contributed by atoms with Gasteiger partial charge in [0.2, 0.25) is 0 Å². The van der Waals surface area contributed by atoms with Crippen molar-refractivity contribution in [3.63, 3.8) is 0 Å². The molecule has 3 aromatic heterocycles. The summed E-state index contributed by atoms with van der Waals surface area (Å²) < 4.78 is 129. The van der Waals surface area contributed by atoms with E-state index < -0.39 is 35.2 Å². The summed E-state index contributed by atoms with van der Waals surface area (Å²) in [6.45, 7) is 1.62. The minimum Gasteiger partial charge on any atom is -0.309 e. The number of fused-ring (bicyclic) bond motifs is 6. The number of halogens is 9. The molecule has 65 heavy (non-hydrogen) atoms. The van der Waals surface area contributed by atoms with Gasteiger partial charge in [-0.05, 0) is 120 Å². The highest BCUT2D eigenvalue weighted by atomic mass is 19.4. The number of para-hydroxylation sites is 2. The molecule has 0 bridgehead atoms. The summed E-state index contributed by atoms with van der Waals surface area (Å²) in [4.78, 5) is 4.52. The Balaban J connectivity index is 1.18. The Morgan fingerprint density at radius 3 is 1.48 bits per heavy atom. The molecular weight excluding hydrogens is 852 g/mol. The third-order valence-electron chi connectivity index (χ3n) is 11.7. The number of aromatic nitrogens is 3. The number of rotatable bonds is 5. The Morgan fingerprint density at radius 1 is 0.446 bits per heavy atom. The summed E-state index contributed by atoms with van der Waals surface area (Å²) in [6.07, 6.45) is -11.3. The molecule has 0 atom stereocenters. The zero-order chi connectivity index (χ0) is 45.6. The molecule has 10 rings (SSSR count). The van der Waals surface area contributed by atoms with Gasteiger partial charge in [-0.25, -0.2) is 0 Å². The Labute approximate surface area is 363 Å². The molecule has 0 aliphatic carbocycles. The monoisotopic (exact) mass is 880 g/mol. The molecule has 0 saturated heterocycles. The van der Waals surface area contributed by atoms with Crippen molar-refractivity contribution < 1.29 is 39.5 Å². The first-order valence-corrected chi connectivity index (χ1v) is 20.0. The average molecular weight is 881 g/mol. The minimum absolute atomic E-state index is 0.106. The van der Waals surface area contributed by atoms with Gasteiger partial charge in [-0.2, -0.15) is 44.8 Å². The maximum atomic E-state index is 13.9. The molecule has 4 nitrogen and oxygen atoms in total. The van der Waals surface area contributed by atoms with Crippen LogP contribution < -0.4 is 0 Å². The van der Waals surface area contributed by atoms with Crippen LogP contribution in [0.4, 0.5) is 39.5 Å². The van der Waals surface area contributed by atoms with Crippen molar-refractivity contribution in [2.45, 2.75) is 25.5 Å². The van der Waals surface area contributed by atoms with E-state index in [-0.39, 0.29) is 17.2 Å². The van der Waals surface area contributed by atoms with Crippen molar-refractivity contribution in [2.75, 3.05) is 0 Å². The number of nitrogens with zero attached hydrogens (tertiary/aromatic N) is 4. The maximum Gasteiger partial charge on any atom is 0.416 e. The molecule has 10 aromatic rings. The second-order valence-electron chi connectivity index (χ2n) is 15.8. The van der Waals surface area contributed by atoms with Crippen LogP contribution >= 0.6 is 0 Å². The molecule has 0 saturated carbocycles. The van der Waals surface area contributed by atoms with E-state index in [0.29, 0.717) is 84.2 Å². The van der Waals surface area contributed by atoms with E-state index in [4.69, 9.17) is 0 Å². The number of benzene rings is 7. The summed E-state index contributed by atoms with van der Waals surface area (Å²) in [6, 6.07) is 39.9. The van der Waals surface area contributed by atoms with Crippen molar-refractivity contribution in [2.24, 2.45) is 0 Å². The topological polar surface area (TPSA) is 46.5 Å². The van der Waals surface area contributed by atoms with Crippen molar-refractivity contribution in [1.82, 2.24) is 14.1 Å². The molecule has 0 aliphatic heterocycles. The van der Waals surface area contributed by atoms with Crippen molar-refractivity contribution in [3.8, 4) is 50.8 Å². The molecule has 0 spiro atoms. The first-order chi connectivity index (χ1) is 31.0. The van der Waals surface area contributed by atoms with Gasteiger partial charge < -0.3 is 9.13 Å². The Kier molecular flexibility index (Phi) is 9.42. The van der Waals surface area contributed by atoms with Crippen LogP contribution in [-0.2, 0) is 18.5 Å². The van der Waals surface area contributed by atoms with E-state index in [9.17, 15) is 44.8 Å². The number of hydrogen-bond donors (Lipinski definition) is 0. The average Bonchev–Trinajstić information content (AvgIpc) is 3.79. The first-order valence-electron chi connectivity index (χ1n) is 20.0. The summed E-state index contributed by atoms with van der Waals surface area (Å²) >= 11 is 0. The van der Waals surface area contributed by atoms with E-state index in [0.717, 1.165) is 28.4 Å². The second-order valence-corrected chi connectivity index (χ2v) is 15.8. The van der Waals surface area contributed by atoms with E-state index in [1.807, 2.05) is 69.8 Å². The van der Waals surface area contributed by atoms with E-state index in [1.54, 1.807) is 67.8 Å². The van der Waals surface area contributed by atoms with Gasteiger partial charge in [-0.1, -0.05) is 60.7 Å². The zero-order valence-electron chi connectivity index (χ0n) is 33.7. The number of nitriles is 1. The normalized spacial score (nSPS) is 12.4. The van der Waals surface area contributed by atoms with E-state index >= 15 is 0 Å². The number of aryl methyl sites for hydroxylation is 1. The highest BCUT2D eigenvalue weighted by Crippen LogP contribution is 2.44. The summed E-state index contributed by atoms with van der Waals surface area (Å²) in [5, 5.41) is 13.0. The van der Waals surface area contributed by atoms with Gasteiger partial charge in [0.15, 0.2) is 0 Å². The molecular formula is C52H29F9N4. The predicted molar refractivity (Wildman–Crippen MR) is 234 cm³/mol. The molecule has 0 fully saturated rings. The Bertz CT molecular complexity index is 3570. The highest BCUT2D eigenvalue weighted by molar-refractivity contribution is 6.12. The van der Waals surface area contributed by atoms with Gasteiger partial charge in [0.25, 0.3) is 0 Å². The van der Waals surface area contributed by atoms with Gasteiger partial charge in [0.1, 0.15) is 0 Å². The second kappa shape index (κ2) is 14.9. The molecule has 13 heteroatoms. The fourth-order valence-corrected chi connectivity index (χ4v) is 8.86. The number of alkyl halides is 9. The van der Waals surface area contributed by atoms with Crippen LogP contribution in [0.5, 0.6) is 0 Å². The van der Waals surface area contributed by atoms with Gasteiger partial charge in [-0.15, -0.1) is 0 Å². The standard InChI is InChI=1S/C52H29F9N4/c1-29-18-33(21-35(19-29)50(53,54)55)31-11-15-47-42(24-31)39-7-3-5-9-45(39)65(47)49-20-30(27-62)10-13-40(49)43-28-63-17-16-48(43)64-44-8-4-2-6-38(44)41-25-32(12-14-46(41)64)34-22-36(51(56,57)58)26-37(23-34)52(59,60)61/h2-26,28H,1H3. The van der Waals surface area contributed by atoms with Crippen LogP contribution in [0.1, 0.15) is 27.8 Å². The largest absolute Gasteiger partial charge is 0.416 e. The zero-order valence-corrected chi connectivity index (χ0v) is 33.7. The Morgan fingerprint density at radius 2 is 0.938 bits per heavy atom. The lowest BCUT2D eigenvalue weighted by Gasteiger charge is -2.18. The molecule has 3 heterocycles. The first kappa shape index (κ1) is 41.2. The van der Waals surface area contributed by atoms with Crippen LogP contribution in [0.25, 0.3) is 88.4 Å². The van der Waals surface area contributed by atoms with E-state index in [2.05, 4.69) is 11.1 Å². The van der Waals surface area contributed by atoms with Gasteiger partial charge in [0.05, 0.1) is 61.8 Å². The summed E-state index contributed by atoms with van der Waals surface area (Å²) in [5.74, 6) is 0. The van der Waals surface area contributed by atoms with Crippen molar-refractivity contribution in [3.05, 3.63) is 186 Å². The van der Waals surface area contributed by atoms with Crippen LogP contribution in [0.2, 0.25) is 0 Å². The highest BCUT2D eigenvalue weighted by Gasteiger charge is 2.37. The molecule has 0 radical (unpaired) electrons. The van der Waals surface area contributed by atoms with Gasteiger partial charge >= 0.3 is 18.5 Å². The van der Waals surface area contributed by atoms with Crippen LogP contribution in [0, 0.1) is 18.3 Å².